The zero-order chi connectivity index (χ0) is 29.4. The Morgan fingerprint density at radius 1 is 1.05 bits per heavy atom. The molecule has 2 N–H and O–H groups in total. The third-order valence-corrected chi connectivity index (χ3v) is 8.85. The van der Waals surface area contributed by atoms with E-state index in [1.54, 1.807) is 26.0 Å². The van der Waals surface area contributed by atoms with Crippen molar-refractivity contribution in [3.8, 4) is 0 Å². The van der Waals surface area contributed by atoms with Gasteiger partial charge in [-0.3, -0.25) is 19.2 Å². The summed E-state index contributed by atoms with van der Waals surface area (Å²) >= 11 is 0. The molecule has 5 atom stereocenters. The number of fused-ring (bicyclic) bond motifs is 5. The van der Waals surface area contributed by atoms with Crippen molar-refractivity contribution in [2.24, 2.45) is 11.8 Å². The summed E-state index contributed by atoms with van der Waals surface area (Å²) in [7, 11) is 0. The zero-order valence-corrected chi connectivity index (χ0v) is 24.0. The van der Waals surface area contributed by atoms with E-state index in [1.165, 1.54) is 0 Å². The van der Waals surface area contributed by atoms with Crippen molar-refractivity contribution >= 4 is 34.7 Å². The molecule has 2 aromatic carbocycles. The highest BCUT2D eigenvalue weighted by atomic mass is 16.3. The number of benzene rings is 2. The van der Waals surface area contributed by atoms with Gasteiger partial charge in [0, 0.05) is 51.0 Å². The third-order valence-electron chi connectivity index (χ3n) is 8.85. The maximum absolute atomic E-state index is 14.2. The van der Waals surface area contributed by atoms with Crippen LogP contribution in [0.1, 0.15) is 54.4 Å². The van der Waals surface area contributed by atoms with E-state index >= 15 is 0 Å². The molecule has 2 bridgehead atoms. The molecule has 4 amide bonds. The first-order valence-corrected chi connectivity index (χ1v) is 14.9. The number of likely N-dealkylation sites (tertiary alicyclic amines) is 1. The van der Waals surface area contributed by atoms with E-state index in [2.05, 4.69) is 15.6 Å². The van der Waals surface area contributed by atoms with Crippen LogP contribution < -0.4 is 10.6 Å². The van der Waals surface area contributed by atoms with Gasteiger partial charge in [0.15, 0.2) is 11.5 Å². The van der Waals surface area contributed by atoms with Crippen LogP contribution in [0.4, 0.5) is 0 Å². The first kappa shape index (κ1) is 27.9. The monoisotopic (exact) mass is 571 g/mol. The average Bonchev–Trinajstić information content (AvgIpc) is 3.36. The molecule has 0 spiro atoms. The van der Waals surface area contributed by atoms with Gasteiger partial charge >= 0.3 is 0 Å². The smallest absolute Gasteiger partial charge is 0.254 e. The fourth-order valence-corrected chi connectivity index (χ4v) is 6.89. The lowest BCUT2D eigenvalue weighted by Gasteiger charge is -2.51. The second kappa shape index (κ2) is 11.6. The Labute approximate surface area is 244 Å². The lowest BCUT2D eigenvalue weighted by atomic mass is 9.77. The van der Waals surface area contributed by atoms with E-state index in [1.807, 2.05) is 46.2 Å². The number of piperidine rings is 2. The fourth-order valence-electron chi connectivity index (χ4n) is 6.89. The molecule has 3 aliphatic rings. The first-order chi connectivity index (χ1) is 20.2. The Bertz CT molecular complexity index is 1500. The summed E-state index contributed by atoms with van der Waals surface area (Å²) in [4.78, 5) is 61.8. The molecule has 4 heterocycles. The highest BCUT2D eigenvalue weighted by Gasteiger charge is 2.45. The maximum atomic E-state index is 14.2. The van der Waals surface area contributed by atoms with Crippen LogP contribution in [-0.4, -0.2) is 76.2 Å². The fraction of sp³-hybridized carbons (Fsp3) is 0.469. The normalized spacial score (nSPS) is 27.0. The van der Waals surface area contributed by atoms with Crippen molar-refractivity contribution in [1.29, 1.82) is 0 Å². The molecule has 1 aromatic heterocycles. The van der Waals surface area contributed by atoms with Gasteiger partial charge in [0.25, 0.3) is 5.91 Å². The lowest BCUT2D eigenvalue weighted by Crippen LogP contribution is -2.63. The molecular weight excluding hydrogens is 534 g/mol. The molecule has 0 unspecified atom stereocenters. The summed E-state index contributed by atoms with van der Waals surface area (Å²) in [5.41, 5.74) is 2.81. The molecule has 3 saturated heterocycles. The summed E-state index contributed by atoms with van der Waals surface area (Å²) < 4.78 is 5.66. The molecular formula is C32H37N5O5. The number of hydrogen-bond donors (Lipinski definition) is 2. The van der Waals surface area contributed by atoms with Crippen molar-refractivity contribution in [2.45, 2.75) is 64.1 Å². The minimum Gasteiger partial charge on any atom is -0.441 e. The number of carbonyl (C=O) groups excluding carboxylic acids is 4. The van der Waals surface area contributed by atoms with Crippen molar-refractivity contribution in [1.82, 2.24) is 25.4 Å². The first-order valence-electron chi connectivity index (χ1n) is 14.9. The molecule has 0 radical (unpaired) electrons. The SMILES string of the molecule is Cc1nc2ccc(C(=O)N3C[C@@H]4C[C@H](C3)[C@@H]3CCCC(=O)N[C@H](C)C(=O)N[C@@H](Cc5ccccc5)C(=O)N3C4)cc2o1. The second-order valence-electron chi connectivity index (χ2n) is 12.0. The maximum Gasteiger partial charge on any atom is 0.254 e. The predicted octanol–water partition coefficient (Wildman–Crippen LogP) is 2.84. The predicted molar refractivity (Wildman–Crippen MR) is 155 cm³/mol. The van der Waals surface area contributed by atoms with E-state index < -0.39 is 12.1 Å². The van der Waals surface area contributed by atoms with E-state index in [0.717, 1.165) is 17.5 Å². The van der Waals surface area contributed by atoms with Crippen LogP contribution in [0.5, 0.6) is 0 Å². The Morgan fingerprint density at radius 2 is 1.86 bits per heavy atom. The second-order valence-corrected chi connectivity index (χ2v) is 12.0. The van der Waals surface area contributed by atoms with Gasteiger partial charge in [-0.25, -0.2) is 4.98 Å². The Kier molecular flexibility index (Phi) is 7.70. The number of carbonyl (C=O) groups is 4. The van der Waals surface area contributed by atoms with Crippen molar-refractivity contribution in [2.75, 3.05) is 19.6 Å². The molecule has 6 rings (SSSR count). The van der Waals surface area contributed by atoms with Crippen LogP contribution in [0.3, 0.4) is 0 Å². The topological polar surface area (TPSA) is 125 Å². The van der Waals surface area contributed by atoms with Gasteiger partial charge in [-0.1, -0.05) is 30.3 Å². The van der Waals surface area contributed by atoms with E-state index in [4.69, 9.17) is 4.42 Å². The third kappa shape index (κ3) is 5.75. The molecule has 42 heavy (non-hydrogen) atoms. The quantitative estimate of drug-likeness (QED) is 0.498. The minimum absolute atomic E-state index is 0.0591. The minimum atomic E-state index is -0.755. The summed E-state index contributed by atoms with van der Waals surface area (Å²) in [5.74, 6) is 0.0323. The number of nitrogens with one attached hydrogen (secondary N) is 2. The Hall–Kier alpha value is -4.21. The summed E-state index contributed by atoms with van der Waals surface area (Å²) in [5, 5.41) is 5.72. The number of nitrogens with zero attached hydrogens (tertiary/aromatic N) is 3. The molecule has 0 aliphatic carbocycles. The van der Waals surface area contributed by atoms with Crippen LogP contribution >= 0.6 is 0 Å². The zero-order valence-electron chi connectivity index (χ0n) is 24.0. The van der Waals surface area contributed by atoms with Crippen LogP contribution in [0.25, 0.3) is 11.1 Å². The average molecular weight is 572 g/mol. The number of hydrogen-bond acceptors (Lipinski definition) is 6. The highest BCUT2D eigenvalue weighted by molar-refractivity contribution is 5.97. The Morgan fingerprint density at radius 3 is 2.67 bits per heavy atom. The number of aryl methyl sites for hydroxylation is 1. The molecule has 3 fully saturated rings. The van der Waals surface area contributed by atoms with Crippen LogP contribution in [-0.2, 0) is 20.8 Å². The van der Waals surface area contributed by atoms with E-state index in [9.17, 15) is 19.2 Å². The summed E-state index contributed by atoms with van der Waals surface area (Å²) in [6.07, 6.45) is 2.80. The van der Waals surface area contributed by atoms with Gasteiger partial charge in [0.1, 0.15) is 17.6 Å². The van der Waals surface area contributed by atoms with Crippen molar-refractivity contribution in [3.05, 3.63) is 65.5 Å². The van der Waals surface area contributed by atoms with E-state index in [-0.39, 0.29) is 47.9 Å². The van der Waals surface area contributed by atoms with Gasteiger partial charge in [0.05, 0.1) is 0 Å². The van der Waals surface area contributed by atoms with Gasteiger partial charge in [-0.2, -0.15) is 0 Å². The van der Waals surface area contributed by atoms with Crippen molar-refractivity contribution in [3.63, 3.8) is 0 Å². The Balaban J connectivity index is 1.26. The van der Waals surface area contributed by atoms with Gasteiger partial charge in [-0.05, 0) is 61.8 Å². The molecule has 0 saturated carbocycles. The van der Waals surface area contributed by atoms with Gasteiger partial charge in [0.2, 0.25) is 17.7 Å². The standard InChI is InChI=1S/C32H37N5O5/c1-19-30(39)35-26(14-21-7-4-3-5-8-21)32(41)37-17-22-13-24(27(37)9-6-10-29(38)33-19)18-36(16-22)31(40)23-11-12-25-28(15-23)42-20(2)34-25/h3-5,7-8,11-12,15,19,22,24,26-27H,6,9-10,13-14,16-18H2,1-2H3,(H,33,38)(H,35,39)/t19-,22+,24-,26+,27+/m1/s1. The lowest BCUT2D eigenvalue weighted by molar-refractivity contribution is -0.145. The number of aromatic nitrogens is 1. The number of amides is 4. The van der Waals surface area contributed by atoms with Gasteiger partial charge < -0.3 is 24.9 Å². The molecule has 10 nitrogen and oxygen atoms in total. The molecule has 220 valence electrons. The van der Waals surface area contributed by atoms with Gasteiger partial charge in [-0.15, -0.1) is 0 Å². The summed E-state index contributed by atoms with van der Waals surface area (Å²) in [6.45, 7) is 5.00. The number of rotatable bonds is 3. The van der Waals surface area contributed by atoms with E-state index in [0.29, 0.717) is 55.9 Å². The molecule has 3 aromatic rings. The summed E-state index contributed by atoms with van der Waals surface area (Å²) in [6, 6.07) is 13.4. The van der Waals surface area contributed by atoms with Crippen LogP contribution in [0, 0.1) is 18.8 Å². The van der Waals surface area contributed by atoms with Crippen LogP contribution in [0.15, 0.2) is 52.9 Å². The molecule has 3 aliphatic heterocycles. The van der Waals surface area contributed by atoms with Crippen molar-refractivity contribution < 1.29 is 23.6 Å². The largest absolute Gasteiger partial charge is 0.441 e. The number of oxazole rings is 1. The highest BCUT2D eigenvalue weighted by Crippen LogP contribution is 2.37. The van der Waals surface area contributed by atoms with Crippen LogP contribution in [0.2, 0.25) is 0 Å². The molecule has 10 heteroatoms.